The maximum atomic E-state index is 12.7. The summed E-state index contributed by atoms with van der Waals surface area (Å²) < 4.78 is 0. The SMILES string of the molecule is O=CNc1nc(C(=NOCCCl)C(=O)NC2C(=O)N3C=C(C(=O)O)CS[C@H]23)cs1. The number of carbonyl (C=O) groups is 4. The Labute approximate surface area is 177 Å². The first kappa shape index (κ1) is 21.1. The second kappa shape index (κ2) is 9.24. The van der Waals surface area contributed by atoms with Crippen LogP contribution in [0.15, 0.2) is 22.3 Å². The lowest BCUT2D eigenvalue weighted by atomic mass is 10.1. The molecule has 1 saturated heterocycles. The maximum Gasteiger partial charge on any atom is 0.333 e. The van der Waals surface area contributed by atoms with Gasteiger partial charge in [0.1, 0.15) is 23.7 Å². The lowest BCUT2D eigenvalue weighted by Gasteiger charge is -2.46. The van der Waals surface area contributed by atoms with Crippen molar-refractivity contribution in [2.75, 3.05) is 23.6 Å². The largest absolute Gasteiger partial charge is 0.478 e. The van der Waals surface area contributed by atoms with Gasteiger partial charge in [-0.3, -0.25) is 14.4 Å². The van der Waals surface area contributed by atoms with Crippen LogP contribution in [0.5, 0.6) is 0 Å². The standard InChI is InChI=1S/C15H14ClN5O6S2/c16-1-2-27-20-9(8-5-29-15(18-8)17-6-22)11(23)19-10-12(24)21-3-7(14(25)26)4-28-13(10)21/h3,5-6,10,13H,1-2,4H2,(H,19,23)(H,25,26)(H,17,18,22)/t10?,13-/m1/s1. The third kappa shape index (κ3) is 4.52. The van der Waals surface area contributed by atoms with Gasteiger partial charge in [0.2, 0.25) is 6.41 Å². The van der Waals surface area contributed by atoms with Gasteiger partial charge in [-0.15, -0.1) is 34.7 Å². The van der Waals surface area contributed by atoms with Gasteiger partial charge in [0.05, 0.1) is 11.5 Å². The second-order valence-electron chi connectivity index (χ2n) is 5.62. The number of nitrogens with zero attached hydrogens (tertiary/aromatic N) is 3. The van der Waals surface area contributed by atoms with Gasteiger partial charge >= 0.3 is 5.97 Å². The number of nitrogens with one attached hydrogen (secondary N) is 2. The highest BCUT2D eigenvalue weighted by Crippen LogP contribution is 2.36. The van der Waals surface area contributed by atoms with Crippen LogP contribution < -0.4 is 10.6 Å². The molecule has 3 N–H and O–H groups in total. The molecule has 3 heterocycles. The highest BCUT2D eigenvalue weighted by Gasteiger charge is 2.50. The van der Waals surface area contributed by atoms with E-state index in [1.165, 1.54) is 28.2 Å². The molecule has 1 aromatic rings. The summed E-state index contributed by atoms with van der Waals surface area (Å²) in [5.41, 5.74) is 0.0809. The summed E-state index contributed by atoms with van der Waals surface area (Å²) in [6, 6.07) is -0.844. The molecule has 11 nitrogen and oxygen atoms in total. The van der Waals surface area contributed by atoms with Crippen molar-refractivity contribution in [3.63, 3.8) is 0 Å². The van der Waals surface area contributed by atoms with Crippen LogP contribution in [0.3, 0.4) is 0 Å². The van der Waals surface area contributed by atoms with E-state index in [1.807, 2.05) is 0 Å². The molecule has 0 bridgehead atoms. The van der Waals surface area contributed by atoms with Gasteiger partial charge < -0.3 is 25.5 Å². The topological polar surface area (TPSA) is 150 Å². The van der Waals surface area contributed by atoms with Crippen LogP contribution >= 0.6 is 34.7 Å². The van der Waals surface area contributed by atoms with E-state index in [-0.39, 0.29) is 40.4 Å². The minimum atomic E-state index is -1.09. The van der Waals surface area contributed by atoms with Crippen LogP contribution in [0, 0.1) is 0 Å². The number of aromatic nitrogens is 1. The van der Waals surface area contributed by atoms with E-state index in [4.69, 9.17) is 21.5 Å². The third-order valence-corrected chi connectivity index (χ3v) is 6.06. The summed E-state index contributed by atoms with van der Waals surface area (Å²) in [7, 11) is 0. The van der Waals surface area contributed by atoms with Gasteiger partial charge in [0, 0.05) is 17.3 Å². The zero-order valence-corrected chi connectivity index (χ0v) is 16.9. The Balaban J connectivity index is 1.73. The zero-order valence-electron chi connectivity index (χ0n) is 14.5. The summed E-state index contributed by atoms with van der Waals surface area (Å²) in [6.45, 7) is 0.0549. The number of hydrogen-bond donors (Lipinski definition) is 3. The third-order valence-electron chi connectivity index (χ3n) is 3.81. The smallest absolute Gasteiger partial charge is 0.333 e. The molecule has 3 amide bonds. The fraction of sp³-hybridized carbons (Fsp3) is 0.333. The quantitative estimate of drug-likeness (QED) is 0.117. The highest BCUT2D eigenvalue weighted by atomic mass is 35.5. The predicted octanol–water partition coefficient (Wildman–Crippen LogP) is 0.0393. The van der Waals surface area contributed by atoms with E-state index in [0.29, 0.717) is 6.41 Å². The van der Waals surface area contributed by atoms with E-state index >= 15 is 0 Å². The Bertz CT molecular complexity index is 904. The fourth-order valence-corrected chi connectivity index (χ4v) is 4.46. The number of thiazole rings is 1. The second-order valence-corrected chi connectivity index (χ2v) is 7.96. The first-order valence-corrected chi connectivity index (χ1v) is 10.5. The molecule has 1 aromatic heterocycles. The van der Waals surface area contributed by atoms with Crippen LogP contribution in [0.4, 0.5) is 5.13 Å². The van der Waals surface area contributed by atoms with E-state index in [1.54, 1.807) is 0 Å². The number of rotatable bonds is 9. The number of carboxylic acids is 1. The van der Waals surface area contributed by atoms with Crippen molar-refractivity contribution in [3.05, 3.63) is 22.8 Å². The number of amides is 3. The number of carbonyl (C=O) groups excluding carboxylic acids is 3. The van der Waals surface area contributed by atoms with Crippen molar-refractivity contribution in [1.82, 2.24) is 15.2 Å². The summed E-state index contributed by atoms with van der Waals surface area (Å²) >= 11 is 7.86. The summed E-state index contributed by atoms with van der Waals surface area (Å²) in [4.78, 5) is 57.0. The van der Waals surface area contributed by atoms with Crippen molar-refractivity contribution in [3.8, 4) is 0 Å². The summed E-state index contributed by atoms with van der Waals surface area (Å²) in [6.07, 6.45) is 1.73. The summed E-state index contributed by atoms with van der Waals surface area (Å²) in [5.74, 6) is -1.86. The molecule has 2 aliphatic heterocycles. The Morgan fingerprint density at radius 1 is 1.52 bits per heavy atom. The number of halogens is 1. The van der Waals surface area contributed by atoms with Crippen LogP contribution in [-0.4, -0.2) is 74.6 Å². The normalized spacial score (nSPS) is 20.9. The molecular formula is C15H14ClN5O6S2. The molecule has 0 spiro atoms. The van der Waals surface area contributed by atoms with Crippen molar-refractivity contribution in [2.45, 2.75) is 11.4 Å². The van der Waals surface area contributed by atoms with Crippen LogP contribution in [0.25, 0.3) is 0 Å². The van der Waals surface area contributed by atoms with Crippen molar-refractivity contribution in [2.24, 2.45) is 5.16 Å². The number of oxime groups is 1. The Morgan fingerprint density at radius 2 is 2.31 bits per heavy atom. The first-order chi connectivity index (χ1) is 14.0. The van der Waals surface area contributed by atoms with E-state index in [0.717, 1.165) is 11.3 Å². The molecule has 14 heteroatoms. The molecule has 154 valence electrons. The Hall–Kier alpha value is -2.64. The fourth-order valence-electron chi connectivity index (χ4n) is 2.49. The number of hydrogen-bond acceptors (Lipinski definition) is 9. The van der Waals surface area contributed by atoms with Crippen LogP contribution in [0.1, 0.15) is 5.69 Å². The van der Waals surface area contributed by atoms with Crippen molar-refractivity contribution >= 4 is 69.7 Å². The van der Waals surface area contributed by atoms with Crippen molar-refractivity contribution < 1.29 is 29.1 Å². The molecule has 0 aromatic carbocycles. The van der Waals surface area contributed by atoms with Crippen molar-refractivity contribution in [1.29, 1.82) is 0 Å². The molecule has 1 unspecified atom stereocenters. The number of thioether (sulfide) groups is 1. The van der Waals surface area contributed by atoms with Crippen LogP contribution in [-0.2, 0) is 24.0 Å². The minimum absolute atomic E-state index is 0.0549. The number of β-lactam (4-membered cyclic amide) rings is 1. The molecule has 2 atom stereocenters. The molecule has 0 radical (unpaired) electrons. The van der Waals surface area contributed by atoms with Gasteiger partial charge in [0.15, 0.2) is 10.8 Å². The van der Waals surface area contributed by atoms with Gasteiger partial charge in [0.25, 0.3) is 11.8 Å². The monoisotopic (exact) mass is 459 g/mol. The molecule has 1 fully saturated rings. The van der Waals surface area contributed by atoms with Crippen LogP contribution in [0.2, 0.25) is 0 Å². The minimum Gasteiger partial charge on any atom is -0.478 e. The zero-order chi connectivity index (χ0) is 21.0. The maximum absolute atomic E-state index is 12.7. The number of fused-ring (bicyclic) bond motifs is 1. The Kier molecular flexibility index (Phi) is 6.71. The van der Waals surface area contributed by atoms with Gasteiger partial charge in [-0.05, 0) is 0 Å². The number of carboxylic acid groups (broad SMARTS) is 1. The lowest BCUT2D eigenvalue weighted by Crippen LogP contribution is -2.69. The highest BCUT2D eigenvalue weighted by molar-refractivity contribution is 8.00. The number of aliphatic carboxylic acids is 1. The average Bonchev–Trinajstić information content (AvgIpc) is 3.17. The predicted molar refractivity (Wildman–Crippen MR) is 106 cm³/mol. The number of anilines is 1. The van der Waals surface area contributed by atoms with Gasteiger partial charge in [-0.1, -0.05) is 5.16 Å². The molecule has 3 rings (SSSR count). The first-order valence-electron chi connectivity index (χ1n) is 8.07. The molecule has 0 saturated carbocycles. The molecule has 2 aliphatic rings. The van der Waals surface area contributed by atoms with Gasteiger partial charge in [-0.2, -0.15) is 0 Å². The lowest BCUT2D eigenvalue weighted by molar-refractivity contribution is -0.144. The summed E-state index contributed by atoms with van der Waals surface area (Å²) in [5, 5.41) is 19.1. The Morgan fingerprint density at radius 3 is 3.00 bits per heavy atom. The average molecular weight is 460 g/mol. The van der Waals surface area contributed by atoms with E-state index in [2.05, 4.69) is 20.8 Å². The van der Waals surface area contributed by atoms with E-state index < -0.39 is 29.2 Å². The molecule has 0 aliphatic carbocycles. The number of alkyl halides is 1. The molecular weight excluding hydrogens is 446 g/mol. The van der Waals surface area contributed by atoms with E-state index in [9.17, 15) is 19.2 Å². The molecule has 29 heavy (non-hydrogen) atoms. The van der Waals surface area contributed by atoms with Gasteiger partial charge in [-0.25, -0.2) is 9.78 Å².